The number of aromatic nitrogens is 2. The van der Waals surface area contributed by atoms with Crippen LogP contribution >= 0.6 is 0 Å². The van der Waals surface area contributed by atoms with Crippen LogP contribution in [0.15, 0.2) is 10.9 Å². The van der Waals surface area contributed by atoms with E-state index in [1.54, 1.807) is 0 Å². The minimum absolute atomic E-state index is 0.0126. The molecule has 7 heteroatoms. The van der Waals surface area contributed by atoms with Gasteiger partial charge in [0, 0.05) is 43.6 Å². The second-order valence-corrected chi connectivity index (χ2v) is 8.58. The van der Waals surface area contributed by atoms with Crippen LogP contribution in [0.3, 0.4) is 0 Å². The van der Waals surface area contributed by atoms with Crippen LogP contribution in [-0.2, 0) is 16.1 Å². The van der Waals surface area contributed by atoms with E-state index in [2.05, 4.69) is 10.00 Å². The van der Waals surface area contributed by atoms with E-state index in [1.807, 2.05) is 18.7 Å². The van der Waals surface area contributed by atoms with Crippen LogP contribution in [0.1, 0.15) is 49.8 Å². The highest BCUT2D eigenvalue weighted by Crippen LogP contribution is 2.42. The van der Waals surface area contributed by atoms with Gasteiger partial charge in [0.1, 0.15) is 6.54 Å². The van der Waals surface area contributed by atoms with Gasteiger partial charge in [-0.3, -0.25) is 14.4 Å². The van der Waals surface area contributed by atoms with Gasteiger partial charge in [-0.25, -0.2) is 4.68 Å². The molecule has 7 nitrogen and oxygen atoms in total. The summed E-state index contributed by atoms with van der Waals surface area (Å²) in [7, 11) is 0. The smallest absolute Gasteiger partial charge is 0.267 e. The Hall–Kier alpha value is -2.18. The van der Waals surface area contributed by atoms with Crippen molar-refractivity contribution < 1.29 is 9.59 Å². The van der Waals surface area contributed by atoms with Crippen LogP contribution in [0.5, 0.6) is 0 Å². The Morgan fingerprint density at radius 1 is 1.22 bits per heavy atom. The zero-order valence-electron chi connectivity index (χ0n) is 16.2. The van der Waals surface area contributed by atoms with E-state index in [-0.39, 0.29) is 29.3 Å². The molecule has 4 rings (SSSR count). The predicted molar refractivity (Wildman–Crippen MR) is 100 cm³/mol. The highest BCUT2D eigenvalue weighted by atomic mass is 16.2. The summed E-state index contributed by atoms with van der Waals surface area (Å²) in [5.74, 6) is 0.222. The first-order valence-electron chi connectivity index (χ1n) is 10.00. The molecule has 0 bridgehead atoms. The van der Waals surface area contributed by atoms with Gasteiger partial charge in [0.25, 0.3) is 5.56 Å². The first-order valence-corrected chi connectivity index (χ1v) is 10.00. The number of aryl methyl sites for hydroxylation is 2. The minimum atomic E-state index is -0.235. The molecule has 1 spiro atoms. The molecule has 2 amide bonds. The molecule has 3 heterocycles. The van der Waals surface area contributed by atoms with Crippen molar-refractivity contribution in [2.75, 3.05) is 19.6 Å². The molecule has 27 heavy (non-hydrogen) atoms. The van der Waals surface area contributed by atoms with Crippen molar-refractivity contribution in [3.8, 4) is 0 Å². The minimum Gasteiger partial charge on any atom is -0.340 e. The standard InChI is InChI=1S/C20H28N4O3/c1-14-10-18(26)24(21-15(14)2)11-19(27)22-9-3-7-20(12-22)8-6-17(25)23(13-20)16-4-5-16/h10,16H,3-9,11-13H2,1-2H3. The maximum atomic E-state index is 12.9. The van der Waals surface area contributed by atoms with Gasteiger partial charge >= 0.3 is 0 Å². The van der Waals surface area contributed by atoms with Crippen molar-refractivity contribution in [2.24, 2.45) is 5.41 Å². The van der Waals surface area contributed by atoms with Gasteiger partial charge in [-0.2, -0.15) is 5.10 Å². The van der Waals surface area contributed by atoms with Crippen LogP contribution in [0.4, 0.5) is 0 Å². The molecule has 0 radical (unpaired) electrons. The molecule has 1 aromatic rings. The Balaban J connectivity index is 1.46. The largest absolute Gasteiger partial charge is 0.340 e. The Morgan fingerprint density at radius 2 is 2.00 bits per heavy atom. The number of amides is 2. The monoisotopic (exact) mass is 372 g/mol. The van der Waals surface area contributed by atoms with Gasteiger partial charge in [0.05, 0.1) is 5.69 Å². The second kappa shape index (κ2) is 6.77. The summed E-state index contributed by atoms with van der Waals surface area (Å²) >= 11 is 0. The van der Waals surface area contributed by atoms with Crippen LogP contribution in [0.2, 0.25) is 0 Å². The number of nitrogens with zero attached hydrogens (tertiary/aromatic N) is 4. The maximum Gasteiger partial charge on any atom is 0.267 e. The zero-order valence-corrected chi connectivity index (χ0v) is 16.2. The number of carbonyl (C=O) groups excluding carboxylic acids is 2. The summed E-state index contributed by atoms with van der Waals surface area (Å²) in [5, 5.41) is 4.27. The van der Waals surface area contributed by atoms with Crippen molar-refractivity contribution in [3.63, 3.8) is 0 Å². The lowest BCUT2D eigenvalue weighted by atomic mass is 9.73. The van der Waals surface area contributed by atoms with Crippen molar-refractivity contribution >= 4 is 11.8 Å². The van der Waals surface area contributed by atoms with E-state index in [1.165, 1.54) is 10.7 Å². The van der Waals surface area contributed by atoms with Gasteiger partial charge in [-0.15, -0.1) is 0 Å². The van der Waals surface area contributed by atoms with Gasteiger partial charge in [0.2, 0.25) is 11.8 Å². The molecule has 1 saturated carbocycles. The van der Waals surface area contributed by atoms with Gasteiger partial charge in [0.15, 0.2) is 0 Å². The van der Waals surface area contributed by atoms with Gasteiger partial charge < -0.3 is 9.80 Å². The SMILES string of the molecule is Cc1cc(=O)n(CC(=O)N2CCCC3(CCC(=O)N(C4CC4)C3)C2)nc1C. The number of hydrogen-bond acceptors (Lipinski definition) is 4. The third-order valence-electron chi connectivity index (χ3n) is 6.42. The van der Waals surface area contributed by atoms with Gasteiger partial charge in [-0.05, 0) is 51.5 Å². The van der Waals surface area contributed by atoms with E-state index in [0.717, 1.165) is 56.5 Å². The molecule has 0 aromatic carbocycles. The molecule has 0 N–H and O–H groups in total. The summed E-state index contributed by atoms with van der Waals surface area (Å²) in [6, 6.07) is 1.96. The van der Waals surface area contributed by atoms with Crippen molar-refractivity contribution in [1.29, 1.82) is 0 Å². The molecule has 1 atom stereocenters. The Labute approximate surface area is 159 Å². The molecular weight excluding hydrogens is 344 g/mol. The normalized spacial score (nSPS) is 25.9. The molecule has 1 unspecified atom stereocenters. The predicted octanol–water partition coefficient (Wildman–Crippen LogP) is 1.25. The Kier molecular flexibility index (Phi) is 4.56. The Morgan fingerprint density at radius 3 is 2.74 bits per heavy atom. The second-order valence-electron chi connectivity index (χ2n) is 8.58. The third-order valence-corrected chi connectivity index (χ3v) is 6.42. The highest BCUT2D eigenvalue weighted by Gasteiger charge is 2.46. The first kappa shape index (κ1) is 18.2. The number of rotatable bonds is 3. The van der Waals surface area contributed by atoms with Crippen molar-refractivity contribution in [2.45, 2.75) is 65.0 Å². The van der Waals surface area contributed by atoms with Crippen LogP contribution < -0.4 is 5.56 Å². The fraction of sp³-hybridized carbons (Fsp3) is 0.700. The summed E-state index contributed by atoms with van der Waals surface area (Å²) in [5.41, 5.74) is 1.39. The summed E-state index contributed by atoms with van der Waals surface area (Å²) in [6.45, 7) is 5.86. The quantitative estimate of drug-likeness (QED) is 0.800. The average molecular weight is 372 g/mol. The summed E-state index contributed by atoms with van der Waals surface area (Å²) in [4.78, 5) is 41.2. The fourth-order valence-corrected chi connectivity index (χ4v) is 4.53. The highest BCUT2D eigenvalue weighted by molar-refractivity contribution is 5.78. The van der Waals surface area contributed by atoms with E-state index in [4.69, 9.17) is 0 Å². The molecular formula is C20H28N4O3. The summed E-state index contributed by atoms with van der Waals surface area (Å²) in [6.07, 6.45) is 5.71. The number of likely N-dealkylation sites (tertiary alicyclic amines) is 2. The van der Waals surface area contributed by atoms with E-state index in [9.17, 15) is 14.4 Å². The van der Waals surface area contributed by atoms with Crippen LogP contribution in [-0.4, -0.2) is 57.1 Å². The van der Waals surface area contributed by atoms with Crippen molar-refractivity contribution in [3.05, 3.63) is 27.7 Å². The molecule has 1 aromatic heterocycles. The molecule has 3 aliphatic rings. The number of carbonyl (C=O) groups is 2. The Bertz CT molecular complexity index is 829. The van der Waals surface area contributed by atoms with E-state index in [0.29, 0.717) is 19.0 Å². The fourth-order valence-electron chi connectivity index (χ4n) is 4.53. The lowest BCUT2D eigenvalue weighted by molar-refractivity contribution is -0.144. The molecule has 2 saturated heterocycles. The first-order chi connectivity index (χ1) is 12.9. The third kappa shape index (κ3) is 3.64. The average Bonchev–Trinajstić information content (AvgIpc) is 3.47. The number of piperidine rings is 2. The van der Waals surface area contributed by atoms with Crippen LogP contribution in [0, 0.1) is 19.3 Å². The van der Waals surface area contributed by atoms with Crippen LogP contribution in [0.25, 0.3) is 0 Å². The van der Waals surface area contributed by atoms with E-state index < -0.39 is 0 Å². The lowest BCUT2D eigenvalue weighted by Gasteiger charge is -2.48. The summed E-state index contributed by atoms with van der Waals surface area (Å²) < 4.78 is 1.27. The number of hydrogen-bond donors (Lipinski definition) is 0. The molecule has 146 valence electrons. The molecule has 2 aliphatic heterocycles. The zero-order chi connectivity index (χ0) is 19.2. The molecule has 3 fully saturated rings. The van der Waals surface area contributed by atoms with E-state index >= 15 is 0 Å². The maximum absolute atomic E-state index is 12.9. The van der Waals surface area contributed by atoms with Gasteiger partial charge in [-0.1, -0.05) is 0 Å². The van der Waals surface area contributed by atoms with Crippen molar-refractivity contribution in [1.82, 2.24) is 19.6 Å². The molecule has 1 aliphatic carbocycles. The topological polar surface area (TPSA) is 75.5 Å². The lowest BCUT2D eigenvalue weighted by Crippen LogP contribution is -2.56.